The summed E-state index contributed by atoms with van der Waals surface area (Å²) >= 11 is 3.55. The smallest absolute Gasteiger partial charge is 0.222 e. The predicted octanol–water partition coefficient (Wildman–Crippen LogP) is 5.38. The van der Waals surface area contributed by atoms with E-state index in [4.69, 9.17) is 15.5 Å². The van der Waals surface area contributed by atoms with Gasteiger partial charge in [0.2, 0.25) is 11.7 Å². The number of carbonyl (C=O) groups is 1. The van der Waals surface area contributed by atoms with E-state index in [1.165, 1.54) is 7.11 Å². The first-order chi connectivity index (χ1) is 16.4. The minimum Gasteiger partial charge on any atom is -0.376 e. The summed E-state index contributed by atoms with van der Waals surface area (Å²) in [5.74, 6) is -0.287. The fourth-order valence-electron chi connectivity index (χ4n) is 4.01. The number of carbonyl (C=O) groups excluding carboxylic acids is 1. The highest BCUT2D eigenvalue weighted by Crippen LogP contribution is 2.35. The molecule has 0 atom stereocenters. The van der Waals surface area contributed by atoms with Crippen LogP contribution >= 0.6 is 15.9 Å². The summed E-state index contributed by atoms with van der Waals surface area (Å²) in [6.07, 6.45) is 0. The number of nitrogen functional groups attached to an aromatic ring is 1. The Morgan fingerprint density at radius 2 is 1.74 bits per heavy atom. The molecule has 0 aliphatic carbocycles. The molecule has 34 heavy (non-hydrogen) atoms. The van der Waals surface area contributed by atoms with Gasteiger partial charge in [0, 0.05) is 35.9 Å². The molecule has 2 N–H and O–H groups in total. The van der Waals surface area contributed by atoms with E-state index in [9.17, 15) is 4.79 Å². The van der Waals surface area contributed by atoms with Crippen molar-refractivity contribution in [3.05, 3.63) is 64.8 Å². The molecule has 4 rings (SSSR count). The number of nitrogens with zero attached hydrogens (tertiary/aromatic N) is 4. The topological polar surface area (TPSA) is 94.2 Å². The summed E-state index contributed by atoms with van der Waals surface area (Å²) in [7, 11) is 1.47. The molecule has 0 fully saturated rings. The zero-order chi connectivity index (χ0) is 24.2. The number of ether oxygens (including phenoxy) is 1. The average molecular weight is 520 g/mol. The first kappa shape index (κ1) is 23.8. The van der Waals surface area contributed by atoms with Gasteiger partial charge in [0.1, 0.15) is 12.3 Å². The van der Waals surface area contributed by atoms with Gasteiger partial charge < -0.3 is 15.4 Å². The molecule has 0 amide bonds. The van der Waals surface area contributed by atoms with Gasteiger partial charge in [-0.15, -0.1) is 0 Å². The zero-order valence-electron chi connectivity index (χ0n) is 19.4. The standard InChI is InChI=1S/C26H26BrN5O2/c1-4-32(5-2)19-11-9-16(10-12-19)21-14-20(17-7-6-8-18(27)13-17)23-24(22(33)15-34-3)30-26(28)31-25(23)29-21/h6-14H,4-5,15H2,1-3H3,(H2,28,29,30,31). The number of benzene rings is 2. The van der Waals surface area contributed by atoms with Crippen LogP contribution in [0, 0.1) is 0 Å². The summed E-state index contributed by atoms with van der Waals surface area (Å²) in [6.45, 7) is 6.04. The summed E-state index contributed by atoms with van der Waals surface area (Å²) in [5, 5.41) is 0.554. The monoisotopic (exact) mass is 519 g/mol. The lowest BCUT2D eigenvalue weighted by molar-refractivity contribution is 0.0845. The number of methoxy groups -OCH3 is 1. The van der Waals surface area contributed by atoms with Crippen molar-refractivity contribution in [3.8, 4) is 22.4 Å². The van der Waals surface area contributed by atoms with Gasteiger partial charge in [-0.25, -0.2) is 9.97 Å². The number of rotatable bonds is 8. The summed E-state index contributed by atoms with van der Waals surface area (Å²) < 4.78 is 5.99. The van der Waals surface area contributed by atoms with Crippen molar-refractivity contribution in [2.45, 2.75) is 13.8 Å². The van der Waals surface area contributed by atoms with Crippen molar-refractivity contribution < 1.29 is 9.53 Å². The fraction of sp³-hybridized carbons (Fsp3) is 0.231. The SMILES string of the molecule is CCN(CC)c1ccc(-c2cc(-c3cccc(Br)c3)c3c(C(=O)COC)nc(N)nc3n2)cc1. The Balaban J connectivity index is 1.96. The van der Waals surface area contributed by atoms with Gasteiger partial charge >= 0.3 is 0 Å². The molecule has 0 saturated heterocycles. The Labute approximate surface area is 207 Å². The van der Waals surface area contributed by atoms with Crippen LogP contribution in [-0.4, -0.2) is 47.5 Å². The molecular formula is C26H26BrN5O2. The van der Waals surface area contributed by atoms with E-state index in [0.717, 1.165) is 45.6 Å². The van der Waals surface area contributed by atoms with Crippen molar-refractivity contribution in [3.63, 3.8) is 0 Å². The van der Waals surface area contributed by atoms with Crippen LogP contribution in [0.15, 0.2) is 59.1 Å². The molecule has 0 bridgehead atoms. The summed E-state index contributed by atoms with van der Waals surface area (Å²) in [6, 6.07) is 18.1. The lowest BCUT2D eigenvalue weighted by atomic mass is 9.97. The molecule has 174 valence electrons. The summed E-state index contributed by atoms with van der Waals surface area (Å²) in [4.78, 5) is 28.6. The predicted molar refractivity (Wildman–Crippen MR) is 140 cm³/mol. The molecule has 0 saturated carbocycles. The minimum absolute atomic E-state index is 0.00585. The van der Waals surface area contributed by atoms with Gasteiger partial charge in [-0.2, -0.15) is 4.98 Å². The average Bonchev–Trinajstić information content (AvgIpc) is 2.84. The number of ketones is 1. The molecule has 0 aliphatic heterocycles. The van der Waals surface area contributed by atoms with Crippen LogP contribution in [0.1, 0.15) is 24.3 Å². The third-order valence-corrected chi connectivity index (χ3v) is 6.14. The van der Waals surface area contributed by atoms with E-state index >= 15 is 0 Å². The van der Waals surface area contributed by atoms with Crippen molar-refractivity contribution in [2.24, 2.45) is 0 Å². The number of anilines is 2. The molecule has 8 heteroatoms. The third-order valence-electron chi connectivity index (χ3n) is 5.65. The highest BCUT2D eigenvalue weighted by molar-refractivity contribution is 9.10. The Bertz CT molecular complexity index is 1340. The van der Waals surface area contributed by atoms with Crippen molar-refractivity contribution in [2.75, 3.05) is 37.4 Å². The Kier molecular flexibility index (Phi) is 7.19. The largest absolute Gasteiger partial charge is 0.376 e. The quantitative estimate of drug-likeness (QED) is 0.312. The van der Waals surface area contributed by atoms with E-state index in [1.54, 1.807) is 0 Å². The first-order valence-corrected chi connectivity index (χ1v) is 11.9. The zero-order valence-corrected chi connectivity index (χ0v) is 21.0. The van der Waals surface area contributed by atoms with E-state index < -0.39 is 0 Å². The van der Waals surface area contributed by atoms with Gasteiger partial charge in [0.05, 0.1) is 11.1 Å². The molecule has 0 radical (unpaired) electrons. The number of fused-ring (bicyclic) bond motifs is 1. The molecule has 0 aliphatic rings. The molecule has 4 aromatic rings. The molecule has 0 unspecified atom stereocenters. The number of hydrogen-bond acceptors (Lipinski definition) is 7. The van der Waals surface area contributed by atoms with Crippen LogP contribution in [0.25, 0.3) is 33.4 Å². The Morgan fingerprint density at radius 3 is 2.38 bits per heavy atom. The minimum atomic E-state index is -0.282. The molecule has 2 aromatic heterocycles. The number of halogens is 1. The molecule has 0 spiro atoms. The van der Waals surface area contributed by atoms with E-state index in [-0.39, 0.29) is 24.0 Å². The molecular weight excluding hydrogens is 494 g/mol. The van der Waals surface area contributed by atoms with Gasteiger partial charge in [-0.1, -0.05) is 40.2 Å². The highest BCUT2D eigenvalue weighted by atomic mass is 79.9. The maximum absolute atomic E-state index is 12.9. The van der Waals surface area contributed by atoms with Crippen LogP contribution in [0.5, 0.6) is 0 Å². The molecule has 2 aromatic carbocycles. The van der Waals surface area contributed by atoms with Crippen LogP contribution in [-0.2, 0) is 4.74 Å². The highest BCUT2D eigenvalue weighted by Gasteiger charge is 2.21. The number of pyridine rings is 1. The van der Waals surface area contributed by atoms with Crippen LogP contribution in [0.3, 0.4) is 0 Å². The molecule has 2 heterocycles. The van der Waals surface area contributed by atoms with Crippen LogP contribution in [0.4, 0.5) is 11.6 Å². The second kappa shape index (κ2) is 10.3. The first-order valence-electron chi connectivity index (χ1n) is 11.1. The maximum Gasteiger partial charge on any atom is 0.222 e. The molecule has 7 nitrogen and oxygen atoms in total. The van der Waals surface area contributed by atoms with Gasteiger partial charge in [-0.05, 0) is 55.3 Å². The van der Waals surface area contributed by atoms with E-state index in [1.807, 2.05) is 42.5 Å². The normalized spacial score (nSPS) is 11.1. The summed E-state index contributed by atoms with van der Waals surface area (Å²) in [5.41, 5.74) is 11.1. The number of aromatic nitrogens is 3. The van der Waals surface area contributed by atoms with Crippen LogP contribution < -0.4 is 10.6 Å². The van der Waals surface area contributed by atoms with Crippen molar-refractivity contribution >= 4 is 44.4 Å². The van der Waals surface area contributed by atoms with Crippen LogP contribution in [0.2, 0.25) is 0 Å². The number of hydrogen-bond donors (Lipinski definition) is 1. The van der Waals surface area contributed by atoms with Gasteiger partial charge in [0.15, 0.2) is 5.65 Å². The Hall–Kier alpha value is -3.36. The van der Waals surface area contributed by atoms with Gasteiger partial charge in [-0.3, -0.25) is 4.79 Å². The second-order valence-corrected chi connectivity index (χ2v) is 8.69. The second-order valence-electron chi connectivity index (χ2n) is 7.77. The van der Waals surface area contributed by atoms with Crippen molar-refractivity contribution in [1.29, 1.82) is 0 Å². The maximum atomic E-state index is 12.9. The van der Waals surface area contributed by atoms with Crippen molar-refractivity contribution in [1.82, 2.24) is 15.0 Å². The van der Waals surface area contributed by atoms with Gasteiger partial charge in [0.25, 0.3) is 0 Å². The van der Waals surface area contributed by atoms with E-state index in [2.05, 4.69) is 56.8 Å². The number of Topliss-reactive ketones (excluding diaryl/α,β-unsaturated/α-hetero) is 1. The third kappa shape index (κ3) is 4.78. The fourth-order valence-corrected chi connectivity index (χ4v) is 4.41. The Morgan fingerprint density at radius 1 is 1.00 bits per heavy atom. The number of nitrogens with two attached hydrogens (primary N) is 1. The lowest BCUT2D eigenvalue weighted by Crippen LogP contribution is -2.21. The lowest BCUT2D eigenvalue weighted by Gasteiger charge is -2.21. The van der Waals surface area contributed by atoms with E-state index in [0.29, 0.717) is 11.0 Å².